The maximum absolute atomic E-state index is 15.8. The standard InChI is InChI=1S/C100H88Br16O32/c1-37(101)85(117)133-57-25-17-53(18-26-57)69-61-33-63(75(139-91(123)43(7)107)81(145-97(129)49(13)113)73(61)137-89(121)41(5)105)70(54-19-27-58(28-20-54)134-86(118)38(2)102)65-35-67(79(143-95(127)47(11)111)83(147-99(131)51(15)115)77(65)141-93(125)45(9)109)72(56-23-31-60(32-24-56)136-88(120)40(4)104)68-36-66(78(142-94(126)46(10)110)84(148-100(132)52(16)116)80(68)144-96(128)48(12)112)71(55-21-29-59(30-22-55)135-87(119)39(3)103)64-34-62(69)74(138-90(122)42(6)106)82(146-98(130)50(14)114)76(64)140-92(124)44(8)108/h17-52,69-72H,1-16H3. The first-order valence-electron chi connectivity index (χ1n) is 44.2. The van der Waals surface area contributed by atoms with Gasteiger partial charge in [-0.05, 0) is 206 Å². The van der Waals surface area contributed by atoms with Crippen LogP contribution in [0.2, 0.25) is 0 Å². The van der Waals surface area contributed by atoms with Crippen molar-refractivity contribution in [3.63, 3.8) is 0 Å². The van der Waals surface area contributed by atoms with Gasteiger partial charge in [0.05, 0.1) is 0 Å². The van der Waals surface area contributed by atoms with Crippen LogP contribution in [0.1, 0.15) is 201 Å². The third kappa shape index (κ3) is 31.7. The van der Waals surface area contributed by atoms with E-state index in [-0.39, 0.29) is 45.3 Å². The molecule has 8 bridgehead atoms. The maximum Gasteiger partial charge on any atom is 0.325 e. The van der Waals surface area contributed by atoms with Crippen LogP contribution in [0.15, 0.2) is 121 Å². The van der Waals surface area contributed by atoms with Gasteiger partial charge in [-0.25, -0.2) is 0 Å². The molecule has 16 atom stereocenters. The van der Waals surface area contributed by atoms with Crippen LogP contribution in [0.3, 0.4) is 0 Å². The van der Waals surface area contributed by atoms with Gasteiger partial charge in [-0.3, -0.25) is 76.7 Å². The number of rotatable bonds is 36. The lowest BCUT2D eigenvalue weighted by Gasteiger charge is -2.34. The van der Waals surface area contributed by atoms with Crippen LogP contribution >= 0.6 is 255 Å². The summed E-state index contributed by atoms with van der Waals surface area (Å²) >= 11 is 53.4. The van der Waals surface area contributed by atoms with Gasteiger partial charge >= 0.3 is 95.5 Å². The second-order valence-electron chi connectivity index (χ2n) is 32.8. The summed E-state index contributed by atoms with van der Waals surface area (Å²) in [6.07, 6.45) is 0. The summed E-state index contributed by atoms with van der Waals surface area (Å²) in [6.45, 7) is 21.7. The van der Waals surface area contributed by atoms with Crippen molar-refractivity contribution in [1.82, 2.24) is 0 Å². The molecule has 0 aliphatic heterocycles. The zero-order valence-electron chi connectivity index (χ0n) is 80.2. The normalized spacial score (nSPS) is 16.9. The Kier molecular flexibility index (Phi) is 46.5. The molecule has 0 saturated carbocycles. The van der Waals surface area contributed by atoms with Crippen molar-refractivity contribution < 1.29 is 153 Å². The van der Waals surface area contributed by atoms with Gasteiger partial charge in [0, 0.05) is 68.2 Å². The molecule has 16 unspecified atom stereocenters. The highest BCUT2D eigenvalue weighted by molar-refractivity contribution is 9.12. The summed E-state index contributed by atoms with van der Waals surface area (Å²) in [5.41, 5.74) is -5.45. The molecule has 0 N–H and O–H groups in total. The number of halogens is 16. The zero-order chi connectivity index (χ0) is 110. The molecule has 0 spiro atoms. The number of hydrogen-bond acceptors (Lipinski definition) is 32. The summed E-state index contributed by atoms with van der Waals surface area (Å²) in [5.74, 6) is -40.1. The van der Waals surface area contributed by atoms with E-state index in [1.165, 1.54) is 232 Å². The Bertz CT molecular complexity index is 5460. The molecule has 0 heterocycles. The van der Waals surface area contributed by atoms with Gasteiger partial charge in [0.2, 0.25) is 23.0 Å². The van der Waals surface area contributed by atoms with Gasteiger partial charge in [-0.1, -0.05) is 303 Å². The predicted molar refractivity (Wildman–Crippen MR) is 600 cm³/mol. The minimum atomic E-state index is -2.21. The average molecular weight is 3080 g/mol. The fourth-order valence-electron chi connectivity index (χ4n) is 13.6. The highest BCUT2D eigenvalue weighted by Gasteiger charge is 2.48. The molecule has 0 saturated heterocycles. The molecule has 32 nitrogen and oxygen atoms in total. The quantitative estimate of drug-likeness (QED) is 0.0200. The number of hydrogen-bond donors (Lipinski definition) is 0. The minimum Gasteiger partial charge on any atom is -0.426 e. The molecular formula is C100H88Br16O32. The maximum atomic E-state index is 15.8. The lowest BCUT2D eigenvalue weighted by atomic mass is 9.74. The van der Waals surface area contributed by atoms with Crippen LogP contribution in [0, 0.1) is 0 Å². The number of fused-ring (bicyclic) bond motifs is 8. The molecule has 0 aromatic heterocycles. The zero-order valence-corrected chi connectivity index (χ0v) is 106. The van der Waals surface area contributed by atoms with Gasteiger partial charge in [0.1, 0.15) is 100 Å². The van der Waals surface area contributed by atoms with Crippen LogP contribution in [-0.2, 0) is 76.7 Å². The molecular weight excluding hydrogens is 2990 g/mol. The van der Waals surface area contributed by atoms with Gasteiger partial charge < -0.3 is 75.8 Å². The van der Waals surface area contributed by atoms with E-state index in [0.29, 0.717) is 0 Å². The highest BCUT2D eigenvalue weighted by Crippen LogP contribution is 2.64. The smallest absolute Gasteiger partial charge is 0.325 e. The third-order valence-electron chi connectivity index (χ3n) is 20.8. The number of carbonyl (C=O) groups excluding carboxylic acids is 16. The van der Waals surface area contributed by atoms with Gasteiger partial charge in [0.15, 0.2) is 46.0 Å². The Labute approximate surface area is 983 Å². The molecule has 0 amide bonds. The highest BCUT2D eigenvalue weighted by atomic mass is 79.9. The van der Waals surface area contributed by atoms with E-state index in [4.69, 9.17) is 75.8 Å². The summed E-state index contributed by atoms with van der Waals surface area (Å²) in [7, 11) is 0. The summed E-state index contributed by atoms with van der Waals surface area (Å²) < 4.78 is 105. The molecule has 1 aliphatic carbocycles. The number of carbonyl (C=O) groups is 16. The fraction of sp³-hybridized carbons (Fsp3) is 0.360. The molecule has 8 aromatic rings. The van der Waals surface area contributed by atoms with Crippen LogP contribution < -0.4 is 75.8 Å². The summed E-state index contributed by atoms with van der Waals surface area (Å²) in [6, 6.07) is 25.5. The van der Waals surface area contributed by atoms with E-state index in [0.717, 1.165) is 0 Å². The van der Waals surface area contributed by atoms with Crippen molar-refractivity contribution in [2.45, 2.75) is 212 Å². The first-order valence-corrected chi connectivity index (χ1v) is 58.9. The number of alkyl halides is 16. The lowest BCUT2D eigenvalue weighted by Crippen LogP contribution is -2.27. The summed E-state index contributed by atoms with van der Waals surface area (Å²) in [4.78, 5) is 224. The minimum absolute atomic E-state index is 0.187. The first kappa shape index (κ1) is 124. The number of benzene rings is 8. The van der Waals surface area contributed by atoms with Crippen LogP contribution in [0.4, 0.5) is 0 Å². The Morgan fingerprint density at radius 2 is 0.236 bits per heavy atom. The largest absolute Gasteiger partial charge is 0.426 e. The Morgan fingerprint density at radius 3 is 0.331 bits per heavy atom. The second-order valence-corrected chi connectivity index (χ2v) is 54.7. The van der Waals surface area contributed by atoms with Crippen LogP contribution in [0.5, 0.6) is 92.0 Å². The van der Waals surface area contributed by atoms with Crippen molar-refractivity contribution in [2.75, 3.05) is 0 Å². The molecule has 9 rings (SSSR count). The van der Waals surface area contributed by atoms with E-state index in [9.17, 15) is 19.2 Å². The topological polar surface area (TPSA) is 421 Å². The van der Waals surface area contributed by atoms with E-state index >= 15 is 57.5 Å². The van der Waals surface area contributed by atoms with E-state index in [1.54, 1.807) is 0 Å². The second kappa shape index (κ2) is 55.4. The Hall–Kier alpha value is -7.04. The van der Waals surface area contributed by atoms with Gasteiger partial charge in [0.25, 0.3) is 0 Å². The SMILES string of the molecule is CC(Br)C(=O)Oc1ccc(C2c3cc(c(OC(=O)C(C)Br)c(OC(=O)C(C)Br)c3OC(=O)C(C)Br)C(c3ccc(OC(=O)C(C)Br)cc3)c3cc(c(OC(=O)C(C)Br)c(OC(=O)C(C)Br)c3OC(=O)C(C)Br)C(c3ccc(OC(=O)C(C)Br)cc3)c3cc(c(OC(=O)C(C)Br)c(OC(=O)C(C)Br)c3OC(=O)C(C)Br)C(c3ccc(OC(=O)C(C)Br)cc3)c3cc2c(OC(=O)C(C)Br)c(OC(=O)C(C)Br)c3OC(=O)C(C)Br)cc1. The number of ether oxygens (including phenoxy) is 16. The van der Waals surface area contributed by atoms with Gasteiger partial charge in [-0.2, -0.15) is 0 Å². The van der Waals surface area contributed by atoms with Crippen molar-refractivity contribution in [3.05, 3.63) is 188 Å². The fourth-order valence-corrected chi connectivity index (χ4v) is 15.1. The molecule has 48 heteroatoms. The predicted octanol–water partition coefficient (Wildman–Crippen LogP) is 23.7. The van der Waals surface area contributed by atoms with E-state index in [1.807, 2.05) is 0 Å². The molecule has 148 heavy (non-hydrogen) atoms. The van der Waals surface area contributed by atoms with E-state index < -0.39 is 310 Å². The van der Waals surface area contributed by atoms with Crippen LogP contribution in [-0.4, -0.2) is 173 Å². The number of esters is 16. The average Bonchev–Trinajstić information content (AvgIpc) is 0.711. The van der Waals surface area contributed by atoms with Crippen molar-refractivity contribution >= 4 is 350 Å². The lowest BCUT2D eigenvalue weighted by molar-refractivity contribution is -0.137. The molecule has 1 aliphatic rings. The Morgan fingerprint density at radius 1 is 0.149 bits per heavy atom. The molecule has 0 fully saturated rings. The monoisotopic (exact) mass is 3060 g/mol. The summed E-state index contributed by atoms with van der Waals surface area (Å²) in [5, 5.41) is 0. The molecule has 0 radical (unpaired) electrons. The van der Waals surface area contributed by atoms with Crippen molar-refractivity contribution in [1.29, 1.82) is 0 Å². The first-order chi connectivity index (χ1) is 69.2. The van der Waals surface area contributed by atoms with Gasteiger partial charge in [-0.15, -0.1) is 0 Å². The third-order valence-corrected chi connectivity index (χ3v) is 26.8. The van der Waals surface area contributed by atoms with E-state index in [2.05, 4.69) is 255 Å². The van der Waals surface area contributed by atoms with Crippen LogP contribution in [0.25, 0.3) is 0 Å². The Balaban J connectivity index is 1.99. The molecule has 792 valence electrons. The van der Waals surface area contributed by atoms with Crippen molar-refractivity contribution in [3.8, 4) is 92.0 Å². The molecule has 8 aromatic carbocycles. The van der Waals surface area contributed by atoms with Crippen molar-refractivity contribution in [2.24, 2.45) is 0 Å².